The van der Waals surface area contributed by atoms with Crippen molar-refractivity contribution in [2.45, 2.75) is 66.6 Å². The van der Waals surface area contributed by atoms with Gasteiger partial charge >= 0.3 is 0 Å². The highest BCUT2D eigenvalue weighted by atomic mass is 15.3. The number of piperidine rings is 1. The van der Waals surface area contributed by atoms with Gasteiger partial charge in [0, 0.05) is 36.9 Å². The summed E-state index contributed by atoms with van der Waals surface area (Å²) in [7, 11) is 2.29. The Kier molecular flexibility index (Phi) is 6.04. The zero-order valence-electron chi connectivity index (χ0n) is 15.4. The van der Waals surface area contributed by atoms with E-state index in [1.807, 2.05) is 0 Å². The monoisotopic (exact) mass is 306 g/mol. The summed E-state index contributed by atoms with van der Waals surface area (Å²) in [6, 6.07) is 0.691. The van der Waals surface area contributed by atoms with E-state index in [4.69, 9.17) is 5.10 Å². The van der Waals surface area contributed by atoms with Gasteiger partial charge in [-0.2, -0.15) is 5.10 Å². The first kappa shape index (κ1) is 17.5. The van der Waals surface area contributed by atoms with Crippen LogP contribution in [0.2, 0.25) is 0 Å². The first-order chi connectivity index (χ1) is 10.5. The van der Waals surface area contributed by atoms with Crippen molar-refractivity contribution in [1.82, 2.24) is 19.6 Å². The average Bonchev–Trinajstić information content (AvgIpc) is 2.75. The lowest BCUT2D eigenvalue weighted by atomic mass is 9.92. The molecule has 0 amide bonds. The van der Waals surface area contributed by atoms with Crippen LogP contribution in [0.1, 0.15) is 50.6 Å². The van der Waals surface area contributed by atoms with E-state index in [0.29, 0.717) is 6.04 Å². The fourth-order valence-corrected chi connectivity index (χ4v) is 3.92. The first-order valence-electron chi connectivity index (χ1n) is 8.93. The molecule has 0 aromatic carbocycles. The molecule has 0 radical (unpaired) electrons. The third-order valence-electron chi connectivity index (χ3n) is 5.33. The molecule has 0 spiro atoms. The Morgan fingerprint density at radius 1 is 1.27 bits per heavy atom. The highest BCUT2D eigenvalue weighted by Gasteiger charge is 2.29. The number of likely N-dealkylation sites (tertiary alicyclic amines) is 1. The molecule has 1 aromatic heterocycles. The molecule has 2 heterocycles. The molecule has 1 saturated heterocycles. The Balaban J connectivity index is 2.04. The molecule has 1 aromatic rings. The van der Waals surface area contributed by atoms with E-state index in [2.05, 4.69) is 56.1 Å². The molecule has 0 saturated carbocycles. The normalized spacial score (nSPS) is 23.4. The van der Waals surface area contributed by atoms with Crippen molar-refractivity contribution < 1.29 is 0 Å². The van der Waals surface area contributed by atoms with Gasteiger partial charge in [0.2, 0.25) is 0 Å². The highest BCUT2D eigenvalue weighted by molar-refractivity contribution is 5.24. The van der Waals surface area contributed by atoms with Gasteiger partial charge in [-0.25, -0.2) is 0 Å². The molecule has 2 rings (SSSR count). The van der Waals surface area contributed by atoms with Crippen LogP contribution in [0.3, 0.4) is 0 Å². The summed E-state index contributed by atoms with van der Waals surface area (Å²) in [5, 5.41) is 4.72. The molecule has 2 unspecified atom stereocenters. The van der Waals surface area contributed by atoms with Gasteiger partial charge < -0.3 is 4.90 Å². The van der Waals surface area contributed by atoms with Gasteiger partial charge in [-0.1, -0.05) is 20.8 Å². The van der Waals surface area contributed by atoms with Crippen molar-refractivity contribution in [3.8, 4) is 0 Å². The number of aromatic nitrogens is 2. The largest absolute Gasteiger partial charge is 0.303 e. The molecule has 22 heavy (non-hydrogen) atoms. The van der Waals surface area contributed by atoms with Gasteiger partial charge in [-0.05, 0) is 52.7 Å². The van der Waals surface area contributed by atoms with Gasteiger partial charge in [-0.15, -0.1) is 0 Å². The van der Waals surface area contributed by atoms with Crippen molar-refractivity contribution >= 4 is 0 Å². The maximum absolute atomic E-state index is 4.72. The molecule has 0 aliphatic carbocycles. The van der Waals surface area contributed by atoms with Crippen molar-refractivity contribution in [3.63, 3.8) is 0 Å². The minimum atomic E-state index is 0.691. The van der Waals surface area contributed by atoms with E-state index in [1.54, 1.807) is 0 Å². The van der Waals surface area contributed by atoms with Crippen LogP contribution in [0.5, 0.6) is 0 Å². The number of hydrogen-bond donors (Lipinski definition) is 0. The summed E-state index contributed by atoms with van der Waals surface area (Å²) >= 11 is 0. The number of aryl methyl sites for hydroxylation is 2. The lowest BCUT2D eigenvalue weighted by molar-refractivity contribution is 0.0785. The summed E-state index contributed by atoms with van der Waals surface area (Å²) in [5.41, 5.74) is 3.99. The number of rotatable bonds is 6. The first-order valence-corrected chi connectivity index (χ1v) is 8.93. The SMILES string of the molecule is CCCn1nc(C)c(CN(C)C2CCN(CC)CC2C)c1C. The van der Waals surface area contributed by atoms with E-state index in [9.17, 15) is 0 Å². The zero-order chi connectivity index (χ0) is 16.3. The van der Waals surface area contributed by atoms with E-state index >= 15 is 0 Å². The predicted molar refractivity (Wildman–Crippen MR) is 93.1 cm³/mol. The Morgan fingerprint density at radius 2 is 2.00 bits per heavy atom. The Hall–Kier alpha value is -0.870. The van der Waals surface area contributed by atoms with Crippen LogP contribution in [0.25, 0.3) is 0 Å². The molecular weight excluding hydrogens is 272 g/mol. The topological polar surface area (TPSA) is 24.3 Å². The molecule has 126 valence electrons. The summed E-state index contributed by atoms with van der Waals surface area (Å²) in [4.78, 5) is 5.13. The Labute approximate surface area is 136 Å². The van der Waals surface area contributed by atoms with Crippen molar-refractivity contribution in [1.29, 1.82) is 0 Å². The minimum Gasteiger partial charge on any atom is -0.303 e. The maximum atomic E-state index is 4.72. The van der Waals surface area contributed by atoms with E-state index < -0.39 is 0 Å². The molecule has 2 atom stereocenters. The van der Waals surface area contributed by atoms with Gasteiger partial charge in [0.05, 0.1) is 5.69 Å². The van der Waals surface area contributed by atoms with E-state index in [1.165, 1.54) is 43.0 Å². The summed E-state index contributed by atoms with van der Waals surface area (Å²) in [6.45, 7) is 17.0. The second kappa shape index (κ2) is 7.60. The summed E-state index contributed by atoms with van der Waals surface area (Å²) in [5.74, 6) is 0.741. The molecular formula is C18H34N4. The van der Waals surface area contributed by atoms with Crippen molar-refractivity contribution in [3.05, 3.63) is 17.0 Å². The van der Waals surface area contributed by atoms with Crippen molar-refractivity contribution in [2.75, 3.05) is 26.7 Å². The Morgan fingerprint density at radius 3 is 2.59 bits per heavy atom. The Bertz CT molecular complexity index is 480. The van der Waals surface area contributed by atoms with Crippen LogP contribution < -0.4 is 0 Å². The lowest BCUT2D eigenvalue weighted by Crippen LogP contribution is -2.48. The predicted octanol–water partition coefficient (Wildman–Crippen LogP) is 3.07. The molecule has 4 nitrogen and oxygen atoms in total. The van der Waals surface area contributed by atoms with Crippen molar-refractivity contribution in [2.24, 2.45) is 5.92 Å². The molecule has 1 aliphatic heterocycles. The summed E-state index contributed by atoms with van der Waals surface area (Å²) in [6.07, 6.45) is 2.43. The minimum absolute atomic E-state index is 0.691. The quantitative estimate of drug-likeness (QED) is 0.807. The second-order valence-electron chi connectivity index (χ2n) is 7.01. The van der Waals surface area contributed by atoms with Crippen LogP contribution in [-0.2, 0) is 13.1 Å². The standard InChI is InChI=1S/C18H34N4/c1-7-10-22-16(5)17(15(4)19-22)13-20(6)18-9-11-21(8-2)12-14(18)3/h14,18H,7-13H2,1-6H3. The zero-order valence-corrected chi connectivity index (χ0v) is 15.4. The second-order valence-corrected chi connectivity index (χ2v) is 7.01. The molecule has 0 bridgehead atoms. The van der Waals surface area contributed by atoms with Gasteiger partial charge in [0.15, 0.2) is 0 Å². The third-order valence-corrected chi connectivity index (χ3v) is 5.33. The molecule has 0 N–H and O–H groups in total. The fraction of sp³-hybridized carbons (Fsp3) is 0.833. The average molecular weight is 306 g/mol. The maximum Gasteiger partial charge on any atom is 0.0641 e. The van der Waals surface area contributed by atoms with Crippen LogP contribution in [0.15, 0.2) is 0 Å². The van der Waals surface area contributed by atoms with Gasteiger partial charge in [0.25, 0.3) is 0 Å². The third kappa shape index (κ3) is 3.72. The van der Waals surface area contributed by atoms with Gasteiger partial charge in [0.1, 0.15) is 0 Å². The van der Waals surface area contributed by atoms with Crippen LogP contribution >= 0.6 is 0 Å². The van der Waals surface area contributed by atoms with E-state index in [0.717, 1.165) is 25.4 Å². The lowest BCUT2D eigenvalue weighted by Gasteiger charge is -2.41. The highest BCUT2D eigenvalue weighted by Crippen LogP contribution is 2.24. The molecule has 4 heteroatoms. The summed E-state index contributed by atoms with van der Waals surface area (Å²) < 4.78 is 2.18. The molecule has 1 fully saturated rings. The van der Waals surface area contributed by atoms with E-state index in [-0.39, 0.29) is 0 Å². The smallest absolute Gasteiger partial charge is 0.0641 e. The number of hydrogen-bond acceptors (Lipinski definition) is 3. The van der Waals surface area contributed by atoms with Crippen LogP contribution in [0.4, 0.5) is 0 Å². The number of nitrogens with zero attached hydrogens (tertiary/aromatic N) is 4. The molecule has 1 aliphatic rings. The van der Waals surface area contributed by atoms with Gasteiger partial charge in [-0.3, -0.25) is 9.58 Å². The van der Waals surface area contributed by atoms with Crippen LogP contribution in [-0.4, -0.2) is 52.3 Å². The fourth-order valence-electron chi connectivity index (χ4n) is 3.92. The van der Waals surface area contributed by atoms with Crippen LogP contribution in [0, 0.1) is 19.8 Å².